The minimum absolute atomic E-state index is 0.0122. The molecular weight excluding hydrogens is 336 g/mol. The molecule has 144 valence electrons. The van der Waals surface area contributed by atoms with E-state index >= 15 is 0 Å². The third-order valence-electron chi connectivity index (χ3n) is 4.63. The van der Waals surface area contributed by atoms with Crippen molar-refractivity contribution in [1.29, 1.82) is 0 Å². The number of esters is 1. The molecule has 7 heteroatoms. The zero-order valence-corrected chi connectivity index (χ0v) is 16.0. The Morgan fingerprint density at radius 2 is 2.00 bits per heavy atom. The molecule has 1 N–H and O–H groups in total. The predicted molar refractivity (Wildman–Crippen MR) is 96.4 cm³/mol. The van der Waals surface area contributed by atoms with Gasteiger partial charge in [0, 0.05) is 30.8 Å². The summed E-state index contributed by atoms with van der Waals surface area (Å²) in [6.45, 7) is 8.34. The fraction of sp³-hybridized carbons (Fsp3) is 0.632. The lowest BCUT2D eigenvalue weighted by Gasteiger charge is -2.24. The van der Waals surface area contributed by atoms with Crippen molar-refractivity contribution in [2.45, 2.75) is 53.1 Å². The number of carbonyl (C=O) groups excluding carboxylic acids is 3. The monoisotopic (exact) mass is 364 g/mol. The number of ketones is 1. The molecule has 1 amide bonds. The number of H-pyrrole nitrogens is 1. The molecule has 1 saturated heterocycles. The van der Waals surface area contributed by atoms with Crippen molar-refractivity contribution >= 4 is 17.7 Å². The van der Waals surface area contributed by atoms with Crippen LogP contribution in [0.1, 0.15) is 65.2 Å². The summed E-state index contributed by atoms with van der Waals surface area (Å²) in [5.41, 5.74) is 1.91. The Kier molecular flexibility index (Phi) is 6.97. The van der Waals surface area contributed by atoms with Crippen molar-refractivity contribution in [2.75, 3.05) is 26.3 Å². The third kappa shape index (κ3) is 4.52. The Hall–Kier alpha value is -2.15. The van der Waals surface area contributed by atoms with Gasteiger partial charge in [-0.05, 0) is 39.2 Å². The fourth-order valence-electron chi connectivity index (χ4n) is 3.34. The molecule has 26 heavy (non-hydrogen) atoms. The SMILES string of the molecule is CCOC(=O)c1[nH]c(C)c(C(=O)CN(CC2CCCO2)C(=O)CC)c1C. The quantitative estimate of drug-likeness (QED) is 0.565. The molecule has 1 aromatic heterocycles. The number of Topliss-reactive ketones (excluding diaryl/α,β-unsaturated/α-hetero) is 1. The second kappa shape index (κ2) is 8.98. The summed E-state index contributed by atoms with van der Waals surface area (Å²) in [6, 6.07) is 0. The van der Waals surface area contributed by atoms with Crippen LogP contribution in [0.2, 0.25) is 0 Å². The summed E-state index contributed by atoms with van der Waals surface area (Å²) in [7, 11) is 0. The van der Waals surface area contributed by atoms with Crippen LogP contribution in [0.25, 0.3) is 0 Å². The van der Waals surface area contributed by atoms with Crippen molar-refractivity contribution in [3.63, 3.8) is 0 Å². The van der Waals surface area contributed by atoms with Crippen LogP contribution in [0.3, 0.4) is 0 Å². The lowest BCUT2D eigenvalue weighted by molar-refractivity contribution is -0.131. The number of aryl methyl sites for hydroxylation is 1. The summed E-state index contributed by atoms with van der Waals surface area (Å²) in [6.07, 6.45) is 2.20. The Balaban J connectivity index is 2.17. The molecule has 1 fully saturated rings. The van der Waals surface area contributed by atoms with E-state index in [1.807, 2.05) is 0 Å². The number of nitrogens with one attached hydrogen (secondary N) is 1. The van der Waals surface area contributed by atoms with Gasteiger partial charge in [-0.15, -0.1) is 0 Å². The van der Waals surface area contributed by atoms with Gasteiger partial charge in [-0.1, -0.05) is 6.92 Å². The third-order valence-corrected chi connectivity index (χ3v) is 4.63. The fourth-order valence-corrected chi connectivity index (χ4v) is 3.34. The van der Waals surface area contributed by atoms with Crippen molar-refractivity contribution in [1.82, 2.24) is 9.88 Å². The Labute approximate surface area is 154 Å². The average Bonchev–Trinajstić information content (AvgIpc) is 3.21. The molecule has 2 rings (SSSR count). The first-order valence-electron chi connectivity index (χ1n) is 9.17. The van der Waals surface area contributed by atoms with Gasteiger partial charge in [0.15, 0.2) is 5.78 Å². The lowest BCUT2D eigenvalue weighted by atomic mass is 10.0. The van der Waals surface area contributed by atoms with Crippen molar-refractivity contribution in [2.24, 2.45) is 0 Å². The highest BCUT2D eigenvalue weighted by Gasteiger charge is 2.27. The molecule has 0 aromatic carbocycles. The normalized spacial score (nSPS) is 16.5. The van der Waals surface area contributed by atoms with Gasteiger partial charge in [0.2, 0.25) is 5.91 Å². The zero-order chi connectivity index (χ0) is 19.3. The standard InChI is InChI=1S/C19H28N2O5/c1-5-16(23)21(10-14-8-7-9-26-14)11-15(22)17-12(3)18(20-13(17)4)19(24)25-6-2/h14,20H,5-11H2,1-4H3. The van der Waals surface area contributed by atoms with E-state index in [-0.39, 0.29) is 30.9 Å². The second-order valence-electron chi connectivity index (χ2n) is 6.53. The van der Waals surface area contributed by atoms with E-state index in [0.29, 0.717) is 42.1 Å². The first-order valence-corrected chi connectivity index (χ1v) is 9.17. The van der Waals surface area contributed by atoms with Crippen LogP contribution in [-0.2, 0) is 14.3 Å². The summed E-state index contributed by atoms with van der Waals surface area (Å²) in [5.74, 6) is -0.745. The number of amides is 1. The van der Waals surface area contributed by atoms with Crippen LogP contribution < -0.4 is 0 Å². The minimum atomic E-state index is -0.479. The van der Waals surface area contributed by atoms with E-state index in [1.165, 1.54) is 0 Å². The van der Waals surface area contributed by atoms with E-state index in [1.54, 1.807) is 32.6 Å². The van der Waals surface area contributed by atoms with Crippen LogP contribution in [-0.4, -0.2) is 60.0 Å². The number of aromatic amines is 1. The Morgan fingerprint density at radius 3 is 2.58 bits per heavy atom. The molecule has 1 atom stereocenters. The Morgan fingerprint density at radius 1 is 1.27 bits per heavy atom. The molecule has 1 unspecified atom stereocenters. The van der Waals surface area contributed by atoms with Gasteiger partial charge in [-0.3, -0.25) is 9.59 Å². The molecule has 2 heterocycles. The average molecular weight is 364 g/mol. The van der Waals surface area contributed by atoms with Gasteiger partial charge in [0.05, 0.1) is 19.3 Å². The van der Waals surface area contributed by atoms with E-state index in [2.05, 4.69) is 4.98 Å². The second-order valence-corrected chi connectivity index (χ2v) is 6.53. The van der Waals surface area contributed by atoms with Crippen molar-refractivity contribution in [3.8, 4) is 0 Å². The van der Waals surface area contributed by atoms with Crippen LogP contribution >= 0.6 is 0 Å². The van der Waals surface area contributed by atoms with Gasteiger partial charge < -0.3 is 19.4 Å². The molecule has 0 saturated carbocycles. The smallest absolute Gasteiger partial charge is 0.355 e. The number of hydrogen-bond donors (Lipinski definition) is 1. The van der Waals surface area contributed by atoms with Gasteiger partial charge in [0.1, 0.15) is 5.69 Å². The molecular formula is C19H28N2O5. The van der Waals surface area contributed by atoms with Crippen molar-refractivity contribution in [3.05, 3.63) is 22.5 Å². The highest BCUT2D eigenvalue weighted by Crippen LogP contribution is 2.21. The highest BCUT2D eigenvalue weighted by molar-refractivity contribution is 6.04. The summed E-state index contributed by atoms with van der Waals surface area (Å²) in [5, 5.41) is 0. The number of carbonyl (C=O) groups is 3. The molecule has 1 aromatic rings. The molecule has 0 aliphatic carbocycles. The largest absolute Gasteiger partial charge is 0.461 e. The molecule has 1 aliphatic rings. The summed E-state index contributed by atoms with van der Waals surface area (Å²) < 4.78 is 10.6. The molecule has 0 radical (unpaired) electrons. The number of nitrogens with zero attached hydrogens (tertiary/aromatic N) is 1. The van der Waals surface area contributed by atoms with Crippen LogP contribution in [0.15, 0.2) is 0 Å². The van der Waals surface area contributed by atoms with Crippen LogP contribution in [0, 0.1) is 13.8 Å². The zero-order valence-electron chi connectivity index (χ0n) is 16.0. The van der Waals surface area contributed by atoms with Gasteiger partial charge in [0.25, 0.3) is 0 Å². The van der Waals surface area contributed by atoms with E-state index in [0.717, 1.165) is 12.8 Å². The minimum Gasteiger partial charge on any atom is -0.461 e. The lowest BCUT2D eigenvalue weighted by Crippen LogP contribution is -2.40. The number of aromatic nitrogens is 1. The number of rotatable bonds is 8. The van der Waals surface area contributed by atoms with E-state index < -0.39 is 5.97 Å². The van der Waals surface area contributed by atoms with Crippen LogP contribution in [0.5, 0.6) is 0 Å². The summed E-state index contributed by atoms with van der Waals surface area (Å²) in [4.78, 5) is 41.7. The van der Waals surface area contributed by atoms with Gasteiger partial charge >= 0.3 is 5.97 Å². The number of hydrogen-bond acceptors (Lipinski definition) is 5. The maximum Gasteiger partial charge on any atom is 0.355 e. The molecule has 1 aliphatic heterocycles. The first kappa shape index (κ1) is 20.2. The topological polar surface area (TPSA) is 88.7 Å². The maximum atomic E-state index is 12.9. The van der Waals surface area contributed by atoms with Gasteiger partial charge in [-0.2, -0.15) is 0 Å². The van der Waals surface area contributed by atoms with Crippen LogP contribution in [0.4, 0.5) is 0 Å². The molecule has 0 spiro atoms. The molecule has 0 bridgehead atoms. The first-order chi connectivity index (χ1) is 12.4. The maximum absolute atomic E-state index is 12.9. The Bertz CT molecular complexity index is 674. The number of ether oxygens (including phenoxy) is 2. The van der Waals surface area contributed by atoms with E-state index in [4.69, 9.17) is 9.47 Å². The summed E-state index contributed by atoms with van der Waals surface area (Å²) >= 11 is 0. The van der Waals surface area contributed by atoms with E-state index in [9.17, 15) is 14.4 Å². The van der Waals surface area contributed by atoms with Gasteiger partial charge in [-0.25, -0.2) is 4.79 Å². The predicted octanol–water partition coefficient (Wildman–Crippen LogP) is 2.41. The van der Waals surface area contributed by atoms with Crippen molar-refractivity contribution < 1.29 is 23.9 Å². The molecule has 7 nitrogen and oxygen atoms in total. The highest BCUT2D eigenvalue weighted by atomic mass is 16.5.